The normalized spacial score (nSPS) is 38.6. The van der Waals surface area contributed by atoms with Gasteiger partial charge in [-0.15, -0.1) is 0 Å². The molecule has 2 aliphatic rings. The van der Waals surface area contributed by atoms with E-state index in [2.05, 4.69) is 51.9 Å². The Labute approximate surface area is 101 Å². The van der Waals surface area contributed by atoms with Gasteiger partial charge in [0.2, 0.25) is 0 Å². The highest BCUT2D eigenvalue weighted by Gasteiger charge is 2.67. The van der Waals surface area contributed by atoms with Crippen molar-refractivity contribution in [1.29, 1.82) is 0 Å². The second-order valence-electron chi connectivity index (χ2n) is 6.94. The molecular weight excluding hydrogens is 196 g/mol. The van der Waals surface area contributed by atoms with Crippen LogP contribution in [0.5, 0.6) is 0 Å². The van der Waals surface area contributed by atoms with E-state index in [1.54, 1.807) is 0 Å². The highest BCUT2D eigenvalue weighted by atomic mass is 15.3. The molecule has 2 unspecified atom stereocenters. The zero-order chi connectivity index (χ0) is 12.1. The topological polar surface area (TPSA) is 15.3 Å². The van der Waals surface area contributed by atoms with Gasteiger partial charge >= 0.3 is 0 Å². The summed E-state index contributed by atoms with van der Waals surface area (Å²) >= 11 is 0. The van der Waals surface area contributed by atoms with E-state index in [1.165, 1.54) is 19.4 Å². The largest absolute Gasteiger partial charge is 0.317 e. The van der Waals surface area contributed by atoms with E-state index in [0.29, 0.717) is 10.8 Å². The first-order chi connectivity index (χ1) is 7.32. The van der Waals surface area contributed by atoms with Gasteiger partial charge in [0, 0.05) is 24.7 Å². The molecule has 0 bridgehead atoms. The smallest absolute Gasteiger partial charge is 0.0212 e. The fraction of sp³-hybridized carbons (Fsp3) is 1.00. The third kappa shape index (κ3) is 1.62. The fourth-order valence-electron chi connectivity index (χ4n) is 3.83. The SMILES string of the molecule is CNC1CCN(C2C(C)(C)C2(C)C)C(C)C1. The monoisotopic (exact) mass is 224 g/mol. The molecule has 1 saturated carbocycles. The number of likely N-dealkylation sites (tertiary alicyclic amines) is 1. The summed E-state index contributed by atoms with van der Waals surface area (Å²) in [6.45, 7) is 13.4. The minimum absolute atomic E-state index is 0.494. The number of nitrogens with one attached hydrogen (secondary N) is 1. The molecule has 2 atom stereocenters. The Balaban J connectivity index is 2.03. The van der Waals surface area contributed by atoms with Crippen molar-refractivity contribution >= 4 is 0 Å². The number of hydrogen-bond acceptors (Lipinski definition) is 2. The van der Waals surface area contributed by atoms with Gasteiger partial charge in [-0.1, -0.05) is 27.7 Å². The van der Waals surface area contributed by atoms with Gasteiger partial charge in [0.1, 0.15) is 0 Å². The van der Waals surface area contributed by atoms with Crippen LogP contribution < -0.4 is 5.32 Å². The fourth-order valence-corrected chi connectivity index (χ4v) is 3.83. The van der Waals surface area contributed by atoms with Crippen molar-refractivity contribution in [2.45, 2.75) is 65.6 Å². The first kappa shape index (κ1) is 12.4. The molecule has 2 nitrogen and oxygen atoms in total. The molecule has 0 spiro atoms. The van der Waals surface area contributed by atoms with Crippen LogP contribution in [0.3, 0.4) is 0 Å². The molecule has 2 rings (SSSR count). The van der Waals surface area contributed by atoms with Gasteiger partial charge in [0.25, 0.3) is 0 Å². The van der Waals surface area contributed by atoms with Gasteiger partial charge in [0.05, 0.1) is 0 Å². The Morgan fingerprint density at radius 1 is 1.12 bits per heavy atom. The second-order valence-corrected chi connectivity index (χ2v) is 6.94. The minimum Gasteiger partial charge on any atom is -0.317 e. The highest BCUT2D eigenvalue weighted by Crippen LogP contribution is 2.65. The van der Waals surface area contributed by atoms with Crippen LogP contribution in [0.25, 0.3) is 0 Å². The number of piperidine rings is 1. The molecule has 1 heterocycles. The van der Waals surface area contributed by atoms with Gasteiger partial charge in [-0.25, -0.2) is 0 Å². The third-order valence-corrected chi connectivity index (χ3v) is 5.61. The summed E-state index contributed by atoms with van der Waals surface area (Å²) in [7, 11) is 2.10. The summed E-state index contributed by atoms with van der Waals surface area (Å²) in [5.41, 5.74) is 0.988. The zero-order valence-electron chi connectivity index (χ0n) is 11.8. The lowest BCUT2D eigenvalue weighted by atomic mass is 9.97. The average molecular weight is 224 g/mol. The highest BCUT2D eigenvalue weighted by molar-refractivity contribution is 5.19. The Hall–Kier alpha value is -0.0800. The maximum absolute atomic E-state index is 3.43. The van der Waals surface area contributed by atoms with Crippen LogP contribution in [0.1, 0.15) is 47.5 Å². The maximum Gasteiger partial charge on any atom is 0.0212 e. The van der Waals surface area contributed by atoms with Gasteiger partial charge in [-0.3, -0.25) is 4.90 Å². The van der Waals surface area contributed by atoms with Crippen LogP contribution >= 0.6 is 0 Å². The lowest BCUT2D eigenvalue weighted by Crippen LogP contribution is -2.48. The summed E-state index contributed by atoms with van der Waals surface area (Å²) in [5.74, 6) is 0. The Morgan fingerprint density at radius 3 is 2.06 bits per heavy atom. The van der Waals surface area contributed by atoms with Crippen molar-refractivity contribution in [1.82, 2.24) is 10.2 Å². The number of hydrogen-bond donors (Lipinski definition) is 1. The first-order valence-corrected chi connectivity index (χ1v) is 6.75. The van der Waals surface area contributed by atoms with E-state index in [4.69, 9.17) is 0 Å². The molecule has 0 amide bonds. The lowest BCUT2D eigenvalue weighted by molar-refractivity contribution is 0.109. The standard InChI is InChI=1S/C14H28N2/c1-10-9-11(15-6)7-8-16(10)12-13(2,3)14(12,4)5/h10-12,15H,7-9H2,1-6H3. The van der Waals surface area contributed by atoms with Crippen LogP contribution in [0.15, 0.2) is 0 Å². The molecule has 0 aromatic heterocycles. The second kappa shape index (κ2) is 3.71. The predicted molar refractivity (Wildman–Crippen MR) is 69.6 cm³/mol. The van der Waals surface area contributed by atoms with Crippen LogP contribution in [0.2, 0.25) is 0 Å². The van der Waals surface area contributed by atoms with E-state index in [9.17, 15) is 0 Å². The van der Waals surface area contributed by atoms with Crippen LogP contribution in [0.4, 0.5) is 0 Å². The molecule has 1 N–H and O–H groups in total. The number of nitrogens with zero attached hydrogens (tertiary/aromatic N) is 1. The number of rotatable bonds is 2. The van der Waals surface area contributed by atoms with Gasteiger partial charge < -0.3 is 5.32 Å². The molecule has 0 aromatic rings. The quantitative estimate of drug-likeness (QED) is 0.775. The molecule has 2 heteroatoms. The van der Waals surface area contributed by atoms with E-state index >= 15 is 0 Å². The average Bonchev–Trinajstić information content (AvgIpc) is 2.59. The summed E-state index contributed by atoms with van der Waals surface area (Å²) in [6.07, 6.45) is 2.61. The van der Waals surface area contributed by atoms with Crippen molar-refractivity contribution in [3.05, 3.63) is 0 Å². The molecule has 1 aliphatic carbocycles. The Morgan fingerprint density at radius 2 is 1.69 bits per heavy atom. The van der Waals surface area contributed by atoms with E-state index < -0.39 is 0 Å². The van der Waals surface area contributed by atoms with Crippen molar-refractivity contribution in [3.8, 4) is 0 Å². The molecule has 16 heavy (non-hydrogen) atoms. The molecule has 0 aromatic carbocycles. The van der Waals surface area contributed by atoms with E-state index in [1.807, 2.05) is 0 Å². The summed E-state index contributed by atoms with van der Waals surface area (Å²) in [4.78, 5) is 2.76. The van der Waals surface area contributed by atoms with Crippen LogP contribution in [-0.2, 0) is 0 Å². The maximum atomic E-state index is 3.43. The molecule has 1 saturated heterocycles. The zero-order valence-corrected chi connectivity index (χ0v) is 11.8. The molecule has 2 fully saturated rings. The van der Waals surface area contributed by atoms with Crippen molar-refractivity contribution in [2.24, 2.45) is 10.8 Å². The molecule has 1 aliphatic heterocycles. The lowest BCUT2D eigenvalue weighted by Gasteiger charge is -2.39. The van der Waals surface area contributed by atoms with Gasteiger partial charge in [-0.2, -0.15) is 0 Å². The van der Waals surface area contributed by atoms with Crippen molar-refractivity contribution < 1.29 is 0 Å². The summed E-state index contributed by atoms with van der Waals surface area (Å²) < 4.78 is 0. The van der Waals surface area contributed by atoms with Crippen LogP contribution in [0, 0.1) is 10.8 Å². The van der Waals surface area contributed by atoms with Gasteiger partial charge in [-0.05, 0) is 37.6 Å². The molecule has 94 valence electrons. The molecule has 0 radical (unpaired) electrons. The van der Waals surface area contributed by atoms with E-state index in [-0.39, 0.29) is 0 Å². The van der Waals surface area contributed by atoms with Gasteiger partial charge in [0.15, 0.2) is 0 Å². The first-order valence-electron chi connectivity index (χ1n) is 6.75. The van der Waals surface area contributed by atoms with Crippen molar-refractivity contribution in [3.63, 3.8) is 0 Å². The Kier molecular flexibility index (Phi) is 2.87. The predicted octanol–water partition coefficient (Wildman–Crippen LogP) is 2.49. The van der Waals surface area contributed by atoms with Crippen LogP contribution in [-0.4, -0.2) is 36.6 Å². The van der Waals surface area contributed by atoms with E-state index in [0.717, 1.165) is 18.1 Å². The summed E-state index contributed by atoms with van der Waals surface area (Å²) in [6, 6.07) is 2.25. The Bertz CT molecular complexity index is 256. The summed E-state index contributed by atoms with van der Waals surface area (Å²) in [5, 5.41) is 3.43. The van der Waals surface area contributed by atoms with Crippen molar-refractivity contribution in [2.75, 3.05) is 13.6 Å². The molecular formula is C14H28N2. The third-order valence-electron chi connectivity index (χ3n) is 5.61. The minimum atomic E-state index is 0.494.